The van der Waals surface area contributed by atoms with E-state index < -0.39 is 11.9 Å². The van der Waals surface area contributed by atoms with Crippen LogP contribution in [0.3, 0.4) is 0 Å². The zero-order valence-electron chi connectivity index (χ0n) is 12.0. The first kappa shape index (κ1) is 15.6. The first-order chi connectivity index (χ1) is 9.47. The molecule has 6 nitrogen and oxygen atoms in total. The van der Waals surface area contributed by atoms with Crippen molar-refractivity contribution in [2.24, 2.45) is 0 Å². The van der Waals surface area contributed by atoms with E-state index >= 15 is 0 Å². The molecule has 1 aromatic carbocycles. The van der Waals surface area contributed by atoms with E-state index in [4.69, 9.17) is 0 Å². The molecule has 0 aliphatic carbocycles. The summed E-state index contributed by atoms with van der Waals surface area (Å²) in [4.78, 5) is 24.8. The van der Waals surface area contributed by atoms with E-state index in [9.17, 15) is 9.59 Å². The van der Waals surface area contributed by atoms with Crippen molar-refractivity contribution in [2.45, 2.75) is 0 Å². The van der Waals surface area contributed by atoms with Crippen molar-refractivity contribution in [3.05, 3.63) is 36.0 Å². The molecule has 0 heterocycles. The van der Waals surface area contributed by atoms with Gasteiger partial charge in [0.1, 0.15) is 5.70 Å². The summed E-state index contributed by atoms with van der Waals surface area (Å²) in [5.74, 6) is -1.28. The zero-order valence-corrected chi connectivity index (χ0v) is 12.0. The summed E-state index contributed by atoms with van der Waals surface area (Å²) < 4.78 is 9.10. The first-order valence-corrected chi connectivity index (χ1v) is 5.90. The van der Waals surface area contributed by atoms with E-state index in [2.05, 4.69) is 14.8 Å². The fraction of sp³-hybridized carbons (Fsp3) is 0.286. The van der Waals surface area contributed by atoms with Crippen LogP contribution in [0.1, 0.15) is 0 Å². The van der Waals surface area contributed by atoms with E-state index in [1.165, 1.54) is 14.2 Å². The van der Waals surface area contributed by atoms with Gasteiger partial charge in [-0.15, -0.1) is 0 Å². The number of hydrogen-bond acceptors (Lipinski definition) is 6. The average Bonchev–Trinajstić information content (AvgIpc) is 2.46. The summed E-state index contributed by atoms with van der Waals surface area (Å²) in [5, 5.41) is 2.83. The SMILES string of the molecule is COC(=O)/C=C(/Nc1ccc(N(C)C)cc1)C(=O)OC. The maximum absolute atomic E-state index is 11.6. The number of rotatable bonds is 5. The molecule has 0 radical (unpaired) electrons. The number of ether oxygens (including phenoxy) is 2. The Morgan fingerprint density at radius 2 is 1.70 bits per heavy atom. The summed E-state index contributed by atoms with van der Waals surface area (Å²) in [6, 6.07) is 7.36. The van der Waals surface area contributed by atoms with Crippen molar-refractivity contribution < 1.29 is 19.1 Å². The molecular weight excluding hydrogens is 260 g/mol. The van der Waals surface area contributed by atoms with Gasteiger partial charge in [-0.3, -0.25) is 0 Å². The first-order valence-electron chi connectivity index (χ1n) is 5.90. The standard InChI is InChI=1S/C14H18N2O4/c1-16(2)11-7-5-10(6-8-11)15-12(14(18)20-4)9-13(17)19-3/h5-9,15H,1-4H3/b12-9+. The van der Waals surface area contributed by atoms with E-state index in [0.29, 0.717) is 5.69 Å². The van der Waals surface area contributed by atoms with Crippen molar-refractivity contribution in [3.8, 4) is 0 Å². The Labute approximate surface area is 118 Å². The van der Waals surface area contributed by atoms with Gasteiger partial charge in [0.25, 0.3) is 0 Å². The third-order valence-electron chi connectivity index (χ3n) is 2.53. The monoisotopic (exact) mass is 278 g/mol. The van der Waals surface area contributed by atoms with Crippen LogP contribution < -0.4 is 10.2 Å². The quantitative estimate of drug-likeness (QED) is 0.648. The predicted molar refractivity (Wildman–Crippen MR) is 76.5 cm³/mol. The highest BCUT2D eigenvalue weighted by molar-refractivity contribution is 5.98. The van der Waals surface area contributed by atoms with E-state index in [-0.39, 0.29) is 5.70 Å². The van der Waals surface area contributed by atoms with Crippen LogP contribution in [0.25, 0.3) is 0 Å². The molecule has 1 rings (SSSR count). The summed E-state index contributed by atoms with van der Waals surface area (Å²) in [6.45, 7) is 0. The second-order valence-electron chi connectivity index (χ2n) is 4.14. The molecule has 20 heavy (non-hydrogen) atoms. The number of hydrogen-bond donors (Lipinski definition) is 1. The molecule has 1 aromatic rings. The molecule has 108 valence electrons. The Balaban J connectivity index is 2.92. The fourth-order valence-electron chi connectivity index (χ4n) is 1.43. The summed E-state index contributed by atoms with van der Waals surface area (Å²) >= 11 is 0. The molecule has 1 N–H and O–H groups in total. The number of carbonyl (C=O) groups excluding carboxylic acids is 2. The zero-order chi connectivity index (χ0) is 15.1. The van der Waals surface area contributed by atoms with Crippen molar-refractivity contribution in [1.29, 1.82) is 0 Å². The number of benzene rings is 1. The van der Waals surface area contributed by atoms with Crippen molar-refractivity contribution >= 4 is 23.3 Å². The van der Waals surface area contributed by atoms with Gasteiger partial charge in [0.2, 0.25) is 0 Å². The Morgan fingerprint density at radius 3 is 2.15 bits per heavy atom. The fourth-order valence-corrected chi connectivity index (χ4v) is 1.43. The van der Waals surface area contributed by atoms with Gasteiger partial charge in [0, 0.05) is 25.5 Å². The summed E-state index contributed by atoms with van der Waals surface area (Å²) in [7, 11) is 6.34. The lowest BCUT2D eigenvalue weighted by atomic mass is 10.2. The minimum absolute atomic E-state index is 0.0111. The molecule has 0 saturated heterocycles. The molecule has 0 atom stereocenters. The molecule has 0 saturated carbocycles. The Bertz CT molecular complexity index is 506. The smallest absolute Gasteiger partial charge is 0.354 e. The number of methoxy groups -OCH3 is 2. The Kier molecular flexibility index (Phi) is 5.58. The van der Waals surface area contributed by atoms with Gasteiger partial charge < -0.3 is 19.7 Å². The van der Waals surface area contributed by atoms with Crippen LogP contribution in [-0.2, 0) is 19.1 Å². The second-order valence-corrected chi connectivity index (χ2v) is 4.14. The number of esters is 2. The average molecular weight is 278 g/mol. The molecule has 6 heteroatoms. The second kappa shape index (κ2) is 7.18. The van der Waals surface area contributed by atoms with Crippen molar-refractivity contribution in [2.75, 3.05) is 38.5 Å². The highest BCUT2D eigenvalue weighted by Crippen LogP contribution is 2.17. The third-order valence-corrected chi connectivity index (χ3v) is 2.53. The van der Waals surface area contributed by atoms with E-state index in [0.717, 1.165) is 11.8 Å². The molecule has 0 aliphatic heterocycles. The summed E-state index contributed by atoms with van der Waals surface area (Å²) in [5.41, 5.74) is 1.69. The van der Waals surface area contributed by atoms with Crippen LogP contribution in [0, 0.1) is 0 Å². The number of nitrogens with zero attached hydrogens (tertiary/aromatic N) is 1. The predicted octanol–water partition coefficient (Wildman–Crippen LogP) is 1.39. The largest absolute Gasteiger partial charge is 0.466 e. The lowest BCUT2D eigenvalue weighted by Gasteiger charge is -2.14. The number of anilines is 2. The minimum Gasteiger partial charge on any atom is -0.466 e. The van der Waals surface area contributed by atoms with Crippen LogP contribution in [0.2, 0.25) is 0 Å². The topological polar surface area (TPSA) is 67.9 Å². The van der Waals surface area contributed by atoms with Gasteiger partial charge in [-0.1, -0.05) is 0 Å². The van der Waals surface area contributed by atoms with Crippen LogP contribution in [0.5, 0.6) is 0 Å². The molecule has 0 aromatic heterocycles. The van der Waals surface area contributed by atoms with E-state index in [1.54, 1.807) is 12.1 Å². The number of nitrogens with one attached hydrogen (secondary N) is 1. The lowest BCUT2D eigenvalue weighted by Crippen LogP contribution is -2.15. The lowest BCUT2D eigenvalue weighted by molar-refractivity contribution is -0.138. The minimum atomic E-state index is -0.646. The van der Waals surface area contributed by atoms with Gasteiger partial charge in [0.15, 0.2) is 0 Å². The summed E-state index contributed by atoms with van der Waals surface area (Å²) in [6.07, 6.45) is 1.05. The van der Waals surface area contributed by atoms with Crippen LogP contribution >= 0.6 is 0 Å². The van der Waals surface area contributed by atoms with E-state index in [1.807, 2.05) is 31.1 Å². The van der Waals surface area contributed by atoms with Crippen LogP contribution in [-0.4, -0.2) is 40.3 Å². The van der Waals surface area contributed by atoms with Crippen LogP contribution in [0.4, 0.5) is 11.4 Å². The van der Waals surface area contributed by atoms with Gasteiger partial charge in [0.05, 0.1) is 20.3 Å². The molecular formula is C14H18N2O4. The molecule has 0 unspecified atom stereocenters. The maximum Gasteiger partial charge on any atom is 0.354 e. The maximum atomic E-state index is 11.6. The molecule has 0 aliphatic rings. The van der Waals surface area contributed by atoms with Gasteiger partial charge in [-0.25, -0.2) is 9.59 Å². The molecule has 0 bridgehead atoms. The third kappa shape index (κ3) is 4.31. The number of carbonyl (C=O) groups is 2. The molecule has 0 spiro atoms. The van der Waals surface area contributed by atoms with Crippen LogP contribution in [0.15, 0.2) is 36.0 Å². The van der Waals surface area contributed by atoms with Gasteiger partial charge in [-0.2, -0.15) is 0 Å². The van der Waals surface area contributed by atoms with Gasteiger partial charge >= 0.3 is 11.9 Å². The van der Waals surface area contributed by atoms with Crippen molar-refractivity contribution in [3.63, 3.8) is 0 Å². The Morgan fingerprint density at radius 1 is 1.10 bits per heavy atom. The Hall–Kier alpha value is -2.50. The molecule has 0 amide bonds. The highest BCUT2D eigenvalue weighted by atomic mass is 16.5. The van der Waals surface area contributed by atoms with Crippen molar-refractivity contribution in [1.82, 2.24) is 0 Å². The van der Waals surface area contributed by atoms with Gasteiger partial charge in [-0.05, 0) is 24.3 Å². The normalized spacial score (nSPS) is 10.7. The molecule has 0 fully saturated rings. The highest BCUT2D eigenvalue weighted by Gasteiger charge is 2.12.